The zero-order valence-corrected chi connectivity index (χ0v) is 11.2. The van der Waals surface area contributed by atoms with Gasteiger partial charge in [-0.05, 0) is 24.3 Å². The number of allylic oxidation sites excluding steroid dienone is 2. The number of carbonyl (C=O) groups excluding carboxylic acids is 2. The number of rotatable bonds is 0. The summed E-state index contributed by atoms with van der Waals surface area (Å²) < 4.78 is 5.61. The maximum atomic E-state index is 11.9. The van der Waals surface area contributed by atoms with E-state index in [0.29, 0.717) is 5.92 Å². The van der Waals surface area contributed by atoms with Gasteiger partial charge in [-0.15, -0.1) is 0 Å². The second-order valence-corrected chi connectivity index (χ2v) is 6.45. The van der Waals surface area contributed by atoms with Crippen molar-refractivity contribution in [3.05, 3.63) is 12.2 Å². The van der Waals surface area contributed by atoms with Crippen molar-refractivity contribution in [2.45, 2.75) is 39.7 Å². The molecule has 3 rings (SSSR count). The molecule has 2 fully saturated rings. The highest BCUT2D eigenvalue weighted by Gasteiger charge is 2.57. The van der Waals surface area contributed by atoms with Gasteiger partial charge in [0.1, 0.15) is 6.10 Å². The minimum absolute atomic E-state index is 0.00671. The van der Waals surface area contributed by atoms with Crippen molar-refractivity contribution in [1.29, 1.82) is 0 Å². The third-order valence-corrected chi connectivity index (χ3v) is 5.44. The fourth-order valence-electron chi connectivity index (χ4n) is 4.21. The van der Waals surface area contributed by atoms with Gasteiger partial charge in [-0.3, -0.25) is 9.59 Å². The highest BCUT2D eigenvalue weighted by molar-refractivity contribution is 5.93. The van der Waals surface area contributed by atoms with Crippen LogP contribution < -0.4 is 0 Å². The molecule has 6 atom stereocenters. The molecule has 0 N–H and O–H groups in total. The van der Waals surface area contributed by atoms with Crippen LogP contribution in [0.3, 0.4) is 0 Å². The second-order valence-electron chi connectivity index (χ2n) is 6.45. The lowest BCUT2D eigenvalue weighted by atomic mass is 9.55. The van der Waals surface area contributed by atoms with E-state index < -0.39 is 0 Å². The van der Waals surface area contributed by atoms with Crippen LogP contribution in [0.5, 0.6) is 0 Å². The molecule has 0 radical (unpaired) electrons. The van der Waals surface area contributed by atoms with Crippen LogP contribution in [0.2, 0.25) is 0 Å². The van der Waals surface area contributed by atoms with Crippen LogP contribution in [-0.4, -0.2) is 17.9 Å². The summed E-state index contributed by atoms with van der Waals surface area (Å²) in [5, 5.41) is 0. The summed E-state index contributed by atoms with van der Waals surface area (Å²) in [6.07, 6.45) is 5.79. The van der Waals surface area contributed by atoms with Gasteiger partial charge in [0.2, 0.25) is 0 Å². The molecule has 1 saturated heterocycles. The first-order chi connectivity index (χ1) is 8.44. The smallest absolute Gasteiger partial charge is 0.309 e. The zero-order valence-electron chi connectivity index (χ0n) is 11.2. The lowest BCUT2D eigenvalue weighted by Gasteiger charge is -2.49. The van der Waals surface area contributed by atoms with Gasteiger partial charge in [0, 0.05) is 17.8 Å². The van der Waals surface area contributed by atoms with E-state index in [2.05, 4.69) is 6.92 Å². The maximum absolute atomic E-state index is 11.9. The quantitative estimate of drug-likeness (QED) is 0.618. The first kappa shape index (κ1) is 11.9. The van der Waals surface area contributed by atoms with E-state index in [1.165, 1.54) is 0 Å². The molecule has 2 aliphatic carbocycles. The molecule has 3 nitrogen and oxygen atoms in total. The van der Waals surface area contributed by atoms with E-state index in [1.54, 1.807) is 6.08 Å². The highest BCUT2D eigenvalue weighted by Crippen LogP contribution is 2.54. The summed E-state index contributed by atoms with van der Waals surface area (Å²) in [6, 6.07) is 0. The van der Waals surface area contributed by atoms with Crippen LogP contribution in [-0.2, 0) is 14.3 Å². The molecule has 1 heterocycles. The van der Waals surface area contributed by atoms with Crippen molar-refractivity contribution in [3.63, 3.8) is 0 Å². The molecule has 0 spiro atoms. The normalized spacial score (nSPS) is 50.7. The van der Waals surface area contributed by atoms with Gasteiger partial charge in [-0.25, -0.2) is 0 Å². The summed E-state index contributed by atoms with van der Waals surface area (Å²) >= 11 is 0. The van der Waals surface area contributed by atoms with E-state index in [4.69, 9.17) is 4.74 Å². The number of hydrogen-bond donors (Lipinski definition) is 0. The van der Waals surface area contributed by atoms with E-state index in [0.717, 1.165) is 12.8 Å². The minimum Gasteiger partial charge on any atom is -0.461 e. The Kier molecular flexibility index (Phi) is 2.45. The summed E-state index contributed by atoms with van der Waals surface area (Å²) in [6.45, 7) is 6.14. The Balaban J connectivity index is 2.00. The van der Waals surface area contributed by atoms with Gasteiger partial charge >= 0.3 is 5.97 Å². The topological polar surface area (TPSA) is 43.4 Å². The van der Waals surface area contributed by atoms with Crippen LogP contribution in [0.1, 0.15) is 33.6 Å². The third-order valence-electron chi connectivity index (χ3n) is 5.44. The average molecular weight is 248 g/mol. The summed E-state index contributed by atoms with van der Waals surface area (Å²) in [5.41, 5.74) is 0.0127. The van der Waals surface area contributed by atoms with Crippen LogP contribution in [0, 0.1) is 29.1 Å². The third kappa shape index (κ3) is 1.42. The molecule has 3 heteroatoms. The average Bonchev–Trinajstić information content (AvgIpc) is 2.60. The monoisotopic (exact) mass is 248 g/mol. The summed E-state index contributed by atoms with van der Waals surface area (Å²) in [4.78, 5) is 23.7. The highest BCUT2D eigenvalue weighted by atomic mass is 16.6. The molecule has 1 saturated carbocycles. The number of ether oxygens (including phenoxy) is 1. The largest absolute Gasteiger partial charge is 0.461 e. The molecule has 98 valence electrons. The standard InChI is InChI=1S/C15H20O3/c1-8-10-4-6-15(3)7-5-11(16)9(2)12(15)13(10)18-14(8)17/h5,7-10,12-13H,4,6H2,1-3H3/t8-,9+,10-,12-,13-,15-/m0/s1. The molecule has 0 aromatic heterocycles. The molecular formula is C15H20O3. The van der Waals surface area contributed by atoms with E-state index >= 15 is 0 Å². The Morgan fingerprint density at radius 2 is 2.00 bits per heavy atom. The zero-order chi connectivity index (χ0) is 13.1. The van der Waals surface area contributed by atoms with Gasteiger partial charge in [-0.1, -0.05) is 26.8 Å². The Hall–Kier alpha value is -1.12. The van der Waals surface area contributed by atoms with Crippen LogP contribution in [0.25, 0.3) is 0 Å². The predicted molar refractivity (Wildman–Crippen MR) is 66.7 cm³/mol. The number of carbonyl (C=O) groups is 2. The first-order valence-corrected chi connectivity index (χ1v) is 6.87. The van der Waals surface area contributed by atoms with Crippen LogP contribution in [0.4, 0.5) is 0 Å². The van der Waals surface area contributed by atoms with Crippen molar-refractivity contribution in [3.8, 4) is 0 Å². The van der Waals surface area contributed by atoms with Gasteiger partial charge in [0.15, 0.2) is 5.78 Å². The van der Waals surface area contributed by atoms with Crippen molar-refractivity contribution in [2.24, 2.45) is 29.1 Å². The maximum Gasteiger partial charge on any atom is 0.309 e. The molecule has 0 amide bonds. The van der Waals surface area contributed by atoms with E-state index in [1.807, 2.05) is 19.9 Å². The molecule has 0 bridgehead atoms. The number of esters is 1. The molecule has 0 aromatic rings. The van der Waals surface area contributed by atoms with Gasteiger partial charge in [0.25, 0.3) is 0 Å². The molecular weight excluding hydrogens is 228 g/mol. The first-order valence-electron chi connectivity index (χ1n) is 6.87. The Morgan fingerprint density at radius 3 is 2.72 bits per heavy atom. The van der Waals surface area contributed by atoms with Gasteiger partial charge < -0.3 is 4.74 Å². The molecule has 0 aromatic carbocycles. The Labute approximate surface area is 108 Å². The van der Waals surface area contributed by atoms with Crippen molar-refractivity contribution in [2.75, 3.05) is 0 Å². The Bertz CT molecular complexity index is 439. The van der Waals surface area contributed by atoms with E-state index in [-0.39, 0.29) is 41.0 Å². The SMILES string of the molecule is C[C@@H]1C(=O)O[C@H]2[C@H]1CC[C@@]1(C)C=CC(=O)[C@@H](C)[C@@H]21. The summed E-state index contributed by atoms with van der Waals surface area (Å²) in [7, 11) is 0. The number of fused-ring (bicyclic) bond motifs is 3. The van der Waals surface area contributed by atoms with Gasteiger partial charge in [0.05, 0.1) is 5.92 Å². The van der Waals surface area contributed by atoms with E-state index in [9.17, 15) is 9.59 Å². The molecule has 3 aliphatic rings. The number of hydrogen-bond acceptors (Lipinski definition) is 3. The molecule has 1 aliphatic heterocycles. The fraction of sp³-hybridized carbons (Fsp3) is 0.733. The van der Waals surface area contributed by atoms with Gasteiger partial charge in [-0.2, -0.15) is 0 Å². The van der Waals surface area contributed by atoms with Crippen molar-refractivity contribution >= 4 is 11.8 Å². The fourth-order valence-corrected chi connectivity index (χ4v) is 4.21. The van der Waals surface area contributed by atoms with Crippen molar-refractivity contribution < 1.29 is 14.3 Å². The second kappa shape index (κ2) is 3.69. The lowest BCUT2D eigenvalue weighted by molar-refractivity contribution is -0.151. The van der Waals surface area contributed by atoms with Crippen molar-refractivity contribution in [1.82, 2.24) is 0 Å². The minimum atomic E-state index is -0.0801. The predicted octanol–water partition coefficient (Wildman–Crippen LogP) is 2.36. The number of ketones is 1. The molecule has 0 unspecified atom stereocenters. The lowest BCUT2D eigenvalue weighted by Crippen LogP contribution is -2.50. The van der Waals surface area contributed by atoms with Crippen LogP contribution >= 0.6 is 0 Å². The van der Waals surface area contributed by atoms with Crippen LogP contribution in [0.15, 0.2) is 12.2 Å². The Morgan fingerprint density at radius 1 is 1.28 bits per heavy atom. The molecule has 18 heavy (non-hydrogen) atoms. The summed E-state index contributed by atoms with van der Waals surface area (Å²) in [5.74, 6) is 0.510.